The van der Waals surface area contributed by atoms with Crippen LogP contribution in [-0.4, -0.2) is 73.5 Å². The summed E-state index contributed by atoms with van der Waals surface area (Å²) in [5.41, 5.74) is 0. The van der Waals surface area contributed by atoms with Gasteiger partial charge in [-0.25, -0.2) is 8.42 Å². The van der Waals surface area contributed by atoms with Crippen molar-refractivity contribution in [1.29, 1.82) is 0 Å². The highest BCUT2D eigenvalue weighted by atomic mass is 35.5. The van der Waals surface area contributed by atoms with Crippen molar-refractivity contribution in [3.63, 3.8) is 0 Å². The number of amides is 1. The predicted octanol–water partition coefficient (Wildman–Crippen LogP) is -1.18. The number of aliphatic hydroxyl groups excluding tert-OH is 1. The summed E-state index contributed by atoms with van der Waals surface area (Å²) in [5, 5.41) is 11.0. The maximum absolute atomic E-state index is 11.7. The molecule has 2 N–H and O–H groups in total. The third kappa shape index (κ3) is 4.38. The Morgan fingerprint density at radius 3 is 2.61 bits per heavy atom. The molecule has 0 aromatic carbocycles. The zero-order valence-electron chi connectivity index (χ0n) is 10.5. The minimum Gasteiger partial charge on any atom is -0.395 e. The van der Waals surface area contributed by atoms with Gasteiger partial charge in [0.25, 0.3) is 0 Å². The van der Waals surface area contributed by atoms with Gasteiger partial charge >= 0.3 is 0 Å². The number of hydrogen-bond donors (Lipinski definition) is 2. The van der Waals surface area contributed by atoms with E-state index in [2.05, 4.69) is 5.32 Å². The number of rotatable bonds is 5. The summed E-state index contributed by atoms with van der Waals surface area (Å²) in [7, 11) is -1.43. The van der Waals surface area contributed by atoms with Crippen molar-refractivity contribution in [1.82, 2.24) is 10.2 Å². The van der Waals surface area contributed by atoms with Crippen LogP contribution >= 0.6 is 11.6 Å². The molecule has 0 aromatic heterocycles. The third-order valence-electron chi connectivity index (χ3n) is 3.04. The van der Waals surface area contributed by atoms with Gasteiger partial charge in [-0.3, -0.25) is 9.69 Å². The monoisotopic (exact) mass is 298 g/mol. The van der Waals surface area contributed by atoms with Crippen LogP contribution in [-0.2, 0) is 14.6 Å². The van der Waals surface area contributed by atoms with Crippen molar-refractivity contribution in [2.45, 2.75) is 24.4 Å². The molecule has 0 bridgehead atoms. The van der Waals surface area contributed by atoms with Crippen LogP contribution in [0.1, 0.15) is 6.92 Å². The predicted molar refractivity (Wildman–Crippen MR) is 69.4 cm³/mol. The minimum absolute atomic E-state index is 0.0419. The first-order valence-corrected chi connectivity index (χ1v) is 7.96. The number of carbonyl (C=O) groups excluding carboxylic acids is 1. The summed E-state index contributed by atoms with van der Waals surface area (Å²) in [6, 6.07) is -0.656. The number of carbonyl (C=O) groups is 1. The van der Waals surface area contributed by atoms with E-state index in [-0.39, 0.29) is 36.6 Å². The van der Waals surface area contributed by atoms with Crippen LogP contribution in [0, 0.1) is 0 Å². The van der Waals surface area contributed by atoms with Gasteiger partial charge in [0, 0.05) is 6.04 Å². The fourth-order valence-corrected chi connectivity index (χ4v) is 4.26. The molecule has 1 aliphatic heterocycles. The molecule has 8 heteroatoms. The average molecular weight is 299 g/mol. The van der Waals surface area contributed by atoms with Crippen molar-refractivity contribution in [2.75, 3.05) is 31.7 Å². The highest BCUT2D eigenvalue weighted by molar-refractivity contribution is 7.91. The van der Waals surface area contributed by atoms with E-state index >= 15 is 0 Å². The van der Waals surface area contributed by atoms with Crippen molar-refractivity contribution in [3.05, 3.63) is 0 Å². The smallest absolute Gasteiger partial charge is 0.234 e. The number of aliphatic hydroxyl groups is 1. The number of nitrogens with zero attached hydrogens (tertiary/aromatic N) is 1. The zero-order valence-corrected chi connectivity index (χ0v) is 12.0. The summed E-state index contributed by atoms with van der Waals surface area (Å²) < 4.78 is 22.7. The van der Waals surface area contributed by atoms with Crippen molar-refractivity contribution >= 4 is 27.3 Å². The first-order chi connectivity index (χ1) is 8.25. The fourth-order valence-electron chi connectivity index (χ4n) is 1.71. The molecule has 0 saturated carbocycles. The van der Waals surface area contributed by atoms with E-state index in [4.69, 9.17) is 16.7 Å². The maximum Gasteiger partial charge on any atom is 0.234 e. The van der Waals surface area contributed by atoms with Crippen LogP contribution < -0.4 is 5.32 Å². The van der Waals surface area contributed by atoms with Gasteiger partial charge in [-0.1, -0.05) is 0 Å². The van der Waals surface area contributed by atoms with Gasteiger partial charge in [0.05, 0.1) is 36.1 Å². The third-order valence-corrected chi connectivity index (χ3v) is 5.41. The number of alkyl halides is 1. The van der Waals surface area contributed by atoms with Gasteiger partial charge in [-0.2, -0.15) is 0 Å². The van der Waals surface area contributed by atoms with Crippen LogP contribution in [0.25, 0.3) is 0 Å². The van der Waals surface area contributed by atoms with Gasteiger partial charge in [0.15, 0.2) is 9.84 Å². The molecule has 1 fully saturated rings. The Bertz CT molecular complexity index is 401. The molecule has 0 spiro atoms. The number of likely N-dealkylation sites (N-methyl/N-ethyl adjacent to an activating group) is 1. The Hall–Kier alpha value is -0.370. The summed E-state index contributed by atoms with van der Waals surface area (Å²) in [6.45, 7) is 1.85. The number of hydrogen-bond acceptors (Lipinski definition) is 5. The largest absolute Gasteiger partial charge is 0.395 e. The molecule has 18 heavy (non-hydrogen) atoms. The SMILES string of the molecule is CC(CO)N(C)CC(=O)NC1CS(=O)(=O)CC1Cl. The molecule has 0 aliphatic carbocycles. The minimum atomic E-state index is -3.14. The Labute approximate surface area is 112 Å². The van der Waals surface area contributed by atoms with Crippen molar-refractivity contribution < 1.29 is 18.3 Å². The Morgan fingerprint density at radius 1 is 1.56 bits per heavy atom. The Balaban J connectivity index is 2.46. The molecule has 1 amide bonds. The normalized spacial score (nSPS) is 28.3. The lowest BCUT2D eigenvalue weighted by molar-refractivity contribution is -0.123. The Kier molecular flexibility index (Phi) is 5.39. The highest BCUT2D eigenvalue weighted by Gasteiger charge is 2.37. The van der Waals surface area contributed by atoms with E-state index in [0.29, 0.717) is 0 Å². The molecule has 6 nitrogen and oxygen atoms in total. The molecule has 1 heterocycles. The molecule has 3 unspecified atom stereocenters. The number of sulfone groups is 1. The lowest BCUT2D eigenvalue weighted by atomic mass is 10.2. The van der Waals surface area contributed by atoms with Gasteiger partial charge in [0.2, 0.25) is 5.91 Å². The number of halogens is 1. The topological polar surface area (TPSA) is 86.7 Å². The van der Waals surface area contributed by atoms with Gasteiger partial charge < -0.3 is 10.4 Å². The maximum atomic E-state index is 11.7. The Morgan fingerprint density at radius 2 is 2.17 bits per heavy atom. The standard InChI is InChI=1S/C10H19ClN2O4S/c1-7(4-14)13(2)3-10(15)12-9-6-18(16,17)5-8(9)11/h7-9,14H,3-6H2,1-2H3,(H,12,15). The van der Waals surface area contributed by atoms with Crippen LogP contribution in [0.15, 0.2) is 0 Å². The van der Waals surface area contributed by atoms with E-state index < -0.39 is 21.3 Å². The molecule has 0 aromatic rings. The summed E-state index contributed by atoms with van der Waals surface area (Å²) in [5.74, 6) is -0.486. The molecule has 3 atom stereocenters. The second-order valence-corrected chi connectivity index (χ2v) is 7.43. The molecule has 0 radical (unpaired) electrons. The van der Waals surface area contributed by atoms with Crippen LogP contribution in [0.4, 0.5) is 0 Å². The van der Waals surface area contributed by atoms with Crippen molar-refractivity contribution in [3.8, 4) is 0 Å². The molecular weight excluding hydrogens is 280 g/mol. The molecule has 1 saturated heterocycles. The van der Waals surface area contributed by atoms with E-state index in [1.807, 2.05) is 0 Å². The van der Waals surface area contributed by atoms with E-state index in [9.17, 15) is 13.2 Å². The second kappa shape index (κ2) is 6.18. The zero-order chi connectivity index (χ0) is 13.9. The van der Waals surface area contributed by atoms with Gasteiger partial charge in [0.1, 0.15) is 0 Å². The van der Waals surface area contributed by atoms with Crippen LogP contribution in [0.3, 0.4) is 0 Å². The fraction of sp³-hybridized carbons (Fsp3) is 0.900. The quantitative estimate of drug-likeness (QED) is 0.624. The van der Waals surface area contributed by atoms with Crippen molar-refractivity contribution in [2.24, 2.45) is 0 Å². The van der Waals surface area contributed by atoms with E-state index in [1.165, 1.54) is 0 Å². The van der Waals surface area contributed by atoms with Crippen LogP contribution in [0.5, 0.6) is 0 Å². The van der Waals surface area contributed by atoms with Crippen LogP contribution in [0.2, 0.25) is 0 Å². The summed E-state index contributed by atoms with van der Waals surface area (Å²) in [4.78, 5) is 13.4. The van der Waals surface area contributed by atoms with E-state index in [0.717, 1.165) is 0 Å². The second-order valence-electron chi connectivity index (χ2n) is 4.71. The van der Waals surface area contributed by atoms with Gasteiger partial charge in [-0.15, -0.1) is 11.6 Å². The average Bonchev–Trinajstić information content (AvgIpc) is 2.50. The number of nitrogens with one attached hydrogen (secondary N) is 1. The highest BCUT2D eigenvalue weighted by Crippen LogP contribution is 2.17. The van der Waals surface area contributed by atoms with E-state index in [1.54, 1.807) is 18.9 Å². The lowest BCUT2D eigenvalue weighted by Crippen LogP contribution is -2.47. The van der Waals surface area contributed by atoms with Gasteiger partial charge in [-0.05, 0) is 14.0 Å². The first-order valence-electron chi connectivity index (χ1n) is 5.70. The first kappa shape index (κ1) is 15.7. The molecule has 1 rings (SSSR count). The summed E-state index contributed by atoms with van der Waals surface area (Å²) in [6.07, 6.45) is 0. The molecular formula is C10H19ClN2O4S. The molecule has 106 valence electrons. The summed E-state index contributed by atoms with van der Waals surface area (Å²) >= 11 is 5.89. The molecule has 1 aliphatic rings. The lowest BCUT2D eigenvalue weighted by Gasteiger charge is -2.23.